The van der Waals surface area contributed by atoms with Crippen LogP contribution in [0.1, 0.15) is 0 Å². The van der Waals surface area contributed by atoms with Crippen molar-refractivity contribution in [2.75, 3.05) is 17.6 Å². The molecule has 1 rings (SSSR count). The molecule has 0 unspecified atom stereocenters. The molecule has 0 saturated heterocycles. The zero-order chi connectivity index (χ0) is 9.84. The molecule has 1 aromatic carbocycles. The maximum atomic E-state index is 5.72. The fraction of sp³-hybridized carbons (Fsp3) is 0.111. The number of hydrogen-bond donors (Lipinski definition) is 2. The molecule has 4 heteroatoms. The number of nitrogen functional groups attached to an aromatic ring is 1. The molecule has 70 valence electrons. The zero-order valence-electron chi connectivity index (χ0n) is 6.98. The molecule has 0 heterocycles. The number of benzene rings is 1. The summed E-state index contributed by atoms with van der Waals surface area (Å²) in [6.45, 7) is 4.09. The first kappa shape index (κ1) is 10.4. The van der Waals surface area contributed by atoms with E-state index >= 15 is 0 Å². The summed E-state index contributed by atoms with van der Waals surface area (Å²) < 4.78 is 0.976. The lowest BCUT2D eigenvalue weighted by Gasteiger charge is -2.08. The van der Waals surface area contributed by atoms with Crippen LogP contribution in [0.4, 0.5) is 11.4 Å². The Hall–Kier alpha value is -0.670. The molecule has 0 saturated carbocycles. The first-order valence-electron chi connectivity index (χ1n) is 3.72. The molecular formula is C9H10BrClN2. The van der Waals surface area contributed by atoms with Crippen LogP contribution < -0.4 is 11.1 Å². The van der Waals surface area contributed by atoms with Gasteiger partial charge in [-0.15, -0.1) is 0 Å². The van der Waals surface area contributed by atoms with Crippen molar-refractivity contribution in [3.8, 4) is 0 Å². The summed E-state index contributed by atoms with van der Waals surface area (Å²) in [6, 6.07) is 5.61. The highest BCUT2D eigenvalue weighted by Gasteiger charge is 1.98. The van der Waals surface area contributed by atoms with Crippen LogP contribution in [0.5, 0.6) is 0 Å². The molecular weight excluding hydrogens is 251 g/mol. The van der Waals surface area contributed by atoms with E-state index in [1.807, 2.05) is 18.2 Å². The van der Waals surface area contributed by atoms with E-state index in [1.165, 1.54) is 0 Å². The second kappa shape index (κ2) is 4.53. The molecule has 0 aliphatic carbocycles. The summed E-state index contributed by atoms with van der Waals surface area (Å²) in [7, 11) is 0. The Kier molecular flexibility index (Phi) is 3.63. The normalized spacial score (nSPS) is 9.69. The number of nitrogens with one attached hydrogen (secondary N) is 1. The number of halogens is 2. The highest BCUT2D eigenvalue weighted by Crippen LogP contribution is 2.23. The van der Waals surface area contributed by atoms with Crippen LogP contribution >= 0.6 is 27.5 Å². The van der Waals surface area contributed by atoms with Gasteiger partial charge in [-0.05, 0) is 18.2 Å². The molecule has 0 aliphatic heterocycles. The van der Waals surface area contributed by atoms with Gasteiger partial charge in [0.15, 0.2) is 0 Å². The lowest BCUT2D eigenvalue weighted by molar-refractivity contribution is 1.31. The lowest BCUT2D eigenvalue weighted by Crippen LogP contribution is -2.03. The molecule has 0 amide bonds. The molecule has 0 fully saturated rings. The highest BCUT2D eigenvalue weighted by molar-refractivity contribution is 9.10. The van der Waals surface area contributed by atoms with Crippen LogP contribution in [0.3, 0.4) is 0 Å². The number of nitrogens with two attached hydrogens (primary N) is 1. The van der Waals surface area contributed by atoms with Gasteiger partial charge in [0.1, 0.15) is 0 Å². The summed E-state index contributed by atoms with van der Waals surface area (Å²) in [5.74, 6) is 0. The van der Waals surface area contributed by atoms with E-state index in [9.17, 15) is 0 Å². The van der Waals surface area contributed by atoms with E-state index in [0.29, 0.717) is 17.3 Å². The van der Waals surface area contributed by atoms with E-state index in [4.69, 9.17) is 17.3 Å². The fourth-order valence-corrected chi connectivity index (χ4v) is 1.30. The summed E-state index contributed by atoms with van der Waals surface area (Å²) >= 11 is 8.96. The number of anilines is 2. The molecule has 0 bridgehead atoms. The van der Waals surface area contributed by atoms with Crippen molar-refractivity contribution < 1.29 is 0 Å². The average Bonchev–Trinajstić information content (AvgIpc) is 2.06. The van der Waals surface area contributed by atoms with Crippen molar-refractivity contribution in [2.24, 2.45) is 0 Å². The SMILES string of the molecule is C=C(Cl)CNc1cc(Br)ccc1N. The standard InChI is InChI=1S/C9H10BrClN2/c1-6(11)5-13-9-4-7(10)2-3-8(9)12/h2-4,13H,1,5,12H2. The Morgan fingerprint density at radius 1 is 1.62 bits per heavy atom. The second-order valence-corrected chi connectivity index (χ2v) is 4.05. The quantitative estimate of drug-likeness (QED) is 0.820. The van der Waals surface area contributed by atoms with Gasteiger partial charge in [0, 0.05) is 9.51 Å². The smallest absolute Gasteiger partial charge is 0.0588 e. The third kappa shape index (κ3) is 3.28. The van der Waals surface area contributed by atoms with Crippen molar-refractivity contribution in [3.05, 3.63) is 34.3 Å². The summed E-state index contributed by atoms with van der Waals surface area (Å²) in [5.41, 5.74) is 7.27. The van der Waals surface area contributed by atoms with Gasteiger partial charge in [-0.1, -0.05) is 34.1 Å². The molecule has 1 aromatic rings. The lowest BCUT2D eigenvalue weighted by atomic mass is 10.3. The van der Waals surface area contributed by atoms with Crippen molar-refractivity contribution in [1.29, 1.82) is 0 Å². The van der Waals surface area contributed by atoms with Gasteiger partial charge >= 0.3 is 0 Å². The summed E-state index contributed by atoms with van der Waals surface area (Å²) in [4.78, 5) is 0. The summed E-state index contributed by atoms with van der Waals surface area (Å²) in [6.07, 6.45) is 0. The van der Waals surface area contributed by atoms with Crippen molar-refractivity contribution in [2.45, 2.75) is 0 Å². The van der Waals surface area contributed by atoms with Crippen molar-refractivity contribution >= 4 is 38.9 Å². The Bertz CT molecular complexity index is 325. The summed E-state index contributed by atoms with van der Waals surface area (Å²) in [5, 5.41) is 3.62. The zero-order valence-corrected chi connectivity index (χ0v) is 9.32. The van der Waals surface area contributed by atoms with E-state index in [2.05, 4.69) is 27.8 Å². The molecule has 0 aromatic heterocycles. The van der Waals surface area contributed by atoms with Crippen LogP contribution in [-0.2, 0) is 0 Å². The average molecular weight is 262 g/mol. The molecule has 3 N–H and O–H groups in total. The van der Waals surface area contributed by atoms with Crippen molar-refractivity contribution in [1.82, 2.24) is 0 Å². The molecule has 13 heavy (non-hydrogen) atoms. The topological polar surface area (TPSA) is 38.0 Å². The van der Waals surface area contributed by atoms with Crippen LogP contribution in [-0.4, -0.2) is 6.54 Å². The first-order chi connectivity index (χ1) is 6.09. The van der Waals surface area contributed by atoms with Crippen LogP contribution in [0.25, 0.3) is 0 Å². The van der Waals surface area contributed by atoms with E-state index in [-0.39, 0.29) is 0 Å². The third-order valence-electron chi connectivity index (χ3n) is 1.49. The van der Waals surface area contributed by atoms with E-state index in [1.54, 1.807) is 0 Å². The van der Waals surface area contributed by atoms with Crippen LogP contribution in [0.2, 0.25) is 0 Å². The van der Waals surface area contributed by atoms with Gasteiger partial charge in [-0.2, -0.15) is 0 Å². The van der Waals surface area contributed by atoms with Gasteiger partial charge < -0.3 is 11.1 Å². The second-order valence-electron chi connectivity index (χ2n) is 2.60. The first-order valence-corrected chi connectivity index (χ1v) is 4.89. The number of rotatable bonds is 3. The van der Waals surface area contributed by atoms with Gasteiger partial charge in [-0.3, -0.25) is 0 Å². The van der Waals surface area contributed by atoms with E-state index < -0.39 is 0 Å². The third-order valence-corrected chi connectivity index (χ3v) is 2.11. The Balaban J connectivity index is 2.75. The minimum Gasteiger partial charge on any atom is -0.397 e. The van der Waals surface area contributed by atoms with Gasteiger partial charge in [0.05, 0.1) is 17.9 Å². The van der Waals surface area contributed by atoms with Gasteiger partial charge in [0.25, 0.3) is 0 Å². The monoisotopic (exact) mass is 260 g/mol. The van der Waals surface area contributed by atoms with Crippen LogP contribution in [0, 0.1) is 0 Å². The van der Waals surface area contributed by atoms with E-state index in [0.717, 1.165) is 10.2 Å². The maximum Gasteiger partial charge on any atom is 0.0588 e. The van der Waals surface area contributed by atoms with Gasteiger partial charge in [0.2, 0.25) is 0 Å². The highest BCUT2D eigenvalue weighted by atomic mass is 79.9. The minimum absolute atomic E-state index is 0.516. The predicted octanol–water partition coefficient (Wildman–Crippen LogP) is 3.20. The maximum absolute atomic E-state index is 5.72. The van der Waals surface area contributed by atoms with Crippen LogP contribution in [0.15, 0.2) is 34.3 Å². The van der Waals surface area contributed by atoms with Gasteiger partial charge in [-0.25, -0.2) is 0 Å². The van der Waals surface area contributed by atoms with Crippen molar-refractivity contribution in [3.63, 3.8) is 0 Å². The Labute approximate surface area is 90.9 Å². The predicted molar refractivity (Wildman–Crippen MR) is 62.0 cm³/mol. The minimum atomic E-state index is 0.516. The molecule has 0 radical (unpaired) electrons. The molecule has 0 atom stereocenters. The Morgan fingerprint density at radius 2 is 2.31 bits per heavy atom. The Morgan fingerprint density at radius 3 is 2.92 bits per heavy atom. The number of hydrogen-bond acceptors (Lipinski definition) is 2. The molecule has 0 aliphatic rings. The molecule has 0 spiro atoms. The molecule has 2 nitrogen and oxygen atoms in total. The fourth-order valence-electron chi connectivity index (χ4n) is 0.873. The largest absolute Gasteiger partial charge is 0.397 e.